The highest BCUT2D eigenvalue weighted by atomic mass is 127. The van der Waals surface area contributed by atoms with Crippen molar-refractivity contribution in [3.63, 3.8) is 0 Å². The molecule has 0 N–H and O–H groups in total. The van der Waals surface area contributed by atoms with Crippen molar-refractivity contribution >= 4 is 28.5 Å². The van der Waals surface area contributed by atoms with Crippen molar-refractivity contribution in [2.24, 2.45) is 0 Å². The van der Waals surface area contributed by atoms with Gasteiger partial charge in [0.25, 0.3) is 5.91 Å². The molecular formula is C13H16INO3. The van der Waals surface area contributed by atoms with Crippen molar-refractivity contribution in [2.75, 3.05) is 26.3 Å². The van der Waals surface area contributed by atoms with E-state index in [-0.39, 0.29) is 5.91 Å². The van der Waals surface area contributed by atoms with Gasteiger partial charge in [-0.1, -0.05) is 0 Å². The minimum Gasteiger partial charge on any atom is -0.481 e. The molecule has 0 radical (unpaired) electrons. The first-order valence-corrected chi connectivity index (χ1v) is 7.03. The lowest BCUT2D eigenvalue weighted by Gasteiger charge is -2.29. The number of hydrogen-bond acceptors (Lipinski definition) is 3. The van der Waals surface area contributed by atoms with Crippen LogP contribution in [-0.2, 0) is 9.53 Å². The van der Waals surface area contributed by atoms with Crippen molar-refractivity contribution in [2.45, 2.75) is 13.0 Å². The van der Waals surface area contributed by atoms with Gasteiger partial charge in [-0.25, -0.2) is 0 Å². The molecule has 1 aliphatic rings. The summed E-state index contributed by atoms with van der Waals surface area (Å²) in [5, 5.41) is 0. The van der Waals surface area contributed by atoms with E-state index in [0.717, 1.165) is 9.32 Å². The maximum atomic E-state index is 12.1. The number of carbonyl (C=O) groups is 1. The Hall–Kier alpha value is -0.820. The third kappa shape index (κ3) is 3.58. The summed E-state index contributed by atoms with van der Waals surface area (Å²) in [7, 11) is 0. The Kier molecular flexibility index (Phi) is 4.82. The molecule has 0 bridgehead atoms. The van der Waals surface area contributed by atoms with E-state index < -0.39 is 6.10 Å². The summed E-state index contributed by atoms with van der Waals surface area (Å²) in [6.45, 7) is 4.32. The van der Waals surface area contributed by atoms with Crippen LogP contribution in [0.1, 0.15) is 6.92 Å². The Morgan fingerprint density at radius 2 is 1.94 bits per heavy atom. The van der Waals surface area contributed by atoms with Crippen LogP contribution in [0, 0.1) is 3.57 Å². The third-order valence-electron chi connectivity index (χ3n) is 2.80. The Bertz CT molecular complexity index is 401. The van der Waals surface area contributed by atoms with Gasteiger partial charge in [0.05, 0.1) is 13.2 Å². The lowest BCUT2D eigenvalue weighted by atomic mass is 10.3. The predicted octanol–water partition coefficient (Wildman–Crippen LogP) is 1.92. The Labute approximate surface area is 120 Å². The van der Waals surface area contributed by atoms with Gasteiger partial charge in [0.2, 0.25) is 0 Å². The molecule has 1 saturated heterocycles. The first-order valence-electron chi connectivity index (χ1n) is 5.95. The Balaban J connectivity index is 1.92. The highest BCUT2D eigenvalue weighted by Crippen LogP contribution is 2.16. The van der Waals surface area contributed by atoms with E-state index >= 15 is 0 Å². The van der Waals surface area contributed by atoms with Gasteiger partial charge in [0.1, 0.15) is 5.75 Å². The zero-order valence-corrected chi connectivity index (χ0v) is 12.4. The average molecular weight is 361 g/mol. The molecule has 1 heterocycles. The van der Waals surface area contributed by atoms with Crippen LogP contribution in [0.4, 0.5) is 0 Å². The van der Waals surface area contributed by atoms with Gasteiger partial charge in [-0.2, -0.15) is 0 Å². The summed E-state index contributed by atoms with van der Waals surface area (Å²) < 4.78 is 12.0. The van der Waals surface area contributed by atoms with E-state index in [1.165, 1.54) is 0 Å². The van der Waals surface area contributed by atoms with Crippen LogP contribution in [-0.4, -0.2) is 43.2 Å². The van der Waals surface area contributed by atoms with E-state index in [1.54, 1.807) is 11.8 Å². The summed E-state index contributed by atoms with van der Waals surface area (Å²) in [4.78, 5) is 13.9. The van der Waals surface area contributed by atoms with Gasteiger partial charge in [-0.3, -0.25) is 4.79 Å². The molecule has 0 aromatic heterocycles. The second-order valence-corrected chi connectivity index (χ2v) is 5.40. The second kappa shape index (κ2) is 6.38. The fourth-order valence-corrected chi connectivity index (χ4v) is 2.17. The molecule has 1 fully saturated rings. The quantitative estimate of drug-likeness (QED) is 0.773. The zero-order valence-electron chi connectivity index (χ0n) is 10.3. The van der Waals surface area contributed by atoms with Crippen LogP contribution < -0.4 is 4.74 Å². The van der Waals surface area contributed by atoms with Crippen LogP contribution in [0.15, 0.2) is 24.3 Å². The minimum atomic E-state index is -0.455. The molecule has 1 unspecified atom stereocenters. The van der Waals surface area contributed by atoms with Crippen molar-refractivity contribution in [1.82, 2.24) is 4.90 Å². The molecule has 1 aromatic carbocycles. The number of rotatable bonds is 3. The number of nitrogens with zero attached hydrogens (tertiary/aromatic N) is 1. The molecule has 1 atom stereocenters. The lowest BCUT2D eigenvalue weighted by molar-refractivity contribution is -0.142. The molecular weight excluding hydrogens is 345 g/mol. The second-order valence-electron chi connectivity index (χ2n) is 4.15. The van der Waals surface area contributed by atoms with Crippen molar-refractivity contribution in [1.29, 1.82) is 0 Å². The zero-order chi connectivity index (χ0) is 13.0. The number of morpholine rings is 1. The fourth-order valence-electron chi connectivity index (χ4n) is 1.81. The normalized spacial score (nSPS) is 17.3. The molecule has 1 amide bonds. The van der Waals surface area contributed by atoms with E-state index in [4.69, 9.17) is 9.47 Å². The number of benzene rings is 1. The summed E-state index contributed by atoms with van der Waals surface area (Å²) in [6, 6.07) is 7.68. The number of ether oxygens (including phenoxy) is 2. The number of amides is 1. The van der Waals surface area contributed by atoms with E-state index in [9.17, 15) is 4.79 Å². The van der Waals surface area contributed by atoms with Gasteiger partial charge >= 0.3 is 0 Å². The number of halogens is 1. The number of hydrogen-bond donors (Lipinski definition) is 0. The van der Waals surface area contributed by atoms with Gasteiger partial charge < -0.3 is 14.4 Å². The maximum Gasteiger partial charge on any atom is 0.263 e. The first kappa shape index (κ1) is 13.6. The van der Waals surface area contributed by atoms with Crippen LogP contribution in [0.25, 0.3) is 0 Å². The van der Waals surface area contributed by atoms with Gasteiger partial charge in [0.15, 0.2) is 6.10 Å². The smallest absolute Gasteiger partial charge is 0.263 e. The summed E-state index contributed by atoms with van der Waals surface area (Å²) in [5.74, 6) is 0.751. The summed E-state index contributed by atoms with van der Waals surface area (Å²) >= 11 is 2.23. The number of carbonyl (C=O) groups excluding carboxylic acids is 1. The van der Waals surface area contributed by atoms with Gasteiger partial charge in [-0.15, -0.1) is 0 Å². The molecule has 2 rings (SSSR count). The standard InChI is InChI=1S/C13H16INO3/c1-10(13(16)15-6-8-17-9-7-15)18-12-4-2-11(14)3-5-12/h2-5,10H,6-9H2,1H3. The molecule has 18 heavy (non-hydrogen) atoms. The average Bonchev–Trinajstić information content (AvgIpc) is 2.41. The topological polar surface area (TPSA) is 38.8 Å². The molecule has 1 aromatic rings. The van der Waals surface area contributed by atoms with Crippen LogP contribution in [0.5, 0.6) is 5.75 Å². The molecule has 98 valence electrons. The highest BCUT2D eigenvalue weighted by molar-refractivity contribution is 14.1. The predicted molar refractivity (Wildman–Crippen MR) is 76.6 cm³/mol. The first-order chi connectivity index (χ1) is 8.66. The van der Waals surface area contributed by atoms with E-state index in [1.807, 2.05) is 24.3 Å². The highest BCUT2D eigenvalue weighted by Gasteiger charge is 2.23. The van der Waals surface area contributed by atoms with Crippen LogP contribution in [0.3, 0.4) is 0 Å². The molecule has 5 heteroatoms. The summed E-state index contributed by atoms with van der Waals surface area (Å²) in [5.41, 5.74) is 0. The monoisotopic (exact) mass is 361 g/mol. The molecule has 0 aliphatic carbocycles. The van der Waals surface area contributed by atoms with Crippen molar-refractivity contribution < 1.29 is 14.3 Å². The van der Waals surface area contributed by atoms with Gasteiger partial charge in [0, 0.05) is 16.7 Å². The lowest BCUT2D eigenvalue weighted by Crippen LogP contribution is -2.46. The van der Waals surface area contributed by atoms with E-state index in [0.29, 0.717) is 26.3 Å². The molecule has 4 nitrogen and oxygen atoms in total. The Morgan fingerprint density at radius 1 is 1.33 bits per heavy atom. The SMILES string of the molecule is CC(Oc1ccc(I)cc1)C(=O)N1CCOCC1. The molecule has 0 spiro atoms. The third-order valence-corrected chi connectivity index (χ3v) is 3.52. The molecule has 1 aliphatic heterocycles. The summed E-state index contributed by atoms with van der Waals surface area (Å²) in [6.07, 6.45) is -0.455. The van der Waals surface area contributed by atoms with Gasteiger partial charge in [-0.05, 0) is 53.8 Å². The van der Waals surface area contributed by atoms with E-state index in [2.05, 4.69) is 22.6 Å². The van der Waals surface area contributed by atoms with Crippen LogP contribution in [0.2, 0.25) is 0 Å². The fraction of sp³-hybridized carbons (Fsp3) is 0.462. The maximum absolute atomic E-state index is 12.1. The molecule has 0 saturated carbocycles. The van der Waals surface area contributed by atoms with Crippen molar-refractivity contribution in [3.05, 3.63) is 27.8 Å². The van der Waals surface area contributed by atoms with Crippen LogP contribution >= 0.6 is 22.6 Å². The Morgan fingerprint density at radius 3 is 2.56 bits per heavy atom. The minimum absolute atomic E-state index is 0.0249. The van der Waals surface area contributed by atoms with Crippen molar-refractivity contribution in [3.8, 4) is 5.75 Å². The largest absolute Gasteiger partial charge is 0.481 e.